The van der Waals surface area contributed by atoms with Gasteiger partial charge in [-0.1, -0.05) is 26.0 Å². The van der Waals surface area contributed by atoms with Crippen molar-refractivity contribution in [3.05, 3.63) is 41.6 Å². The molecule has 6 heteroatoms. The molecule has 0 bridgehead atoms. The van der Waals surface area contributed by atoms with Crippen LogP contribution in [0.2, 0.25) is 0 Å². The van der Waals surface area contributed by atoms with Gasteiger partial charge in [-0.15, -0.1) is 0 Å². The molecule has 6 nitrogen and oxygen atoms in total. The highest BCUT2D eigenvalue weighted by molar-refractivity contribution is 6.06. The van der Waals surface area contributed by atoms with E-state index in [1.165, 1.54) is 5.56 Å². The maximum absolute atomic E-state index is 12.3. The van der Waals surface area contributed by atoms with Gasteiger partial charge in [0.2, 0.25) is 0 Å². The summed E-state index contributed by atoms with van der Waals surface area (Å²) < 4.78 is 0. The van der Waals surface area contributed by atoms with Crippen LogP contribution in [0.25, 0.3) is 0 Å². The number of nitrogens with one attached hydrogen (secondary N) is 1. The minimum absolute atomic E-state index is 0.125. The molecule has 134 valence electrons. The predicted molar refractivity (Wildman–Crippen MR) is 99.9 cm³/mol. The Morgan fingerprint density at radius 2 is 1.92 bits per heavy atom. The number of anilines is 1. The van der Waals surface area contributed by atoms with Gasteiger partial charge in [0.15, 0.2) is 0 Å². The lowest BCUT2D eigenvalue weighted by Gasteiger charge is -2.33. The molecule has 1 saturated heterocycles. The number of carbonyl (C=O) groups is 1. The standard InChI is InChI=1S/C19H27N5O/c1-15(2)16-3-5-18(6-4-16)22-19(25)17(13-21)14-24-11-9-23(8-7-20)10-12-24/h3-6,14-15H,7-12,20H2,1-2H3,(H,22,25)/b17-14-. The van der Waals surface area contributed by atoms with Crippen molar-refractivity contribution in [2.75, 3.05) is 44.6 Å². The SMILES string of the molecule is CC(C)c1ccc(NC(=O)/C(C#N)=C\N2CCN(CCN)CC2)cc1. The fraction of sp³-hybridized carbons (Fsp3) is 0.474. The second kappa shape index (κ2) is 9.21. The van der Waals surface area contributed by atoms with E-state index in [0.717, 1.165) is 32.7 Å². The lowest BCUT2D eigenvalue weighted by atomic mass is 10.0. The number of hydrogen-bond acceptors (Lipinski definition) is 5. The maximum Gasteiger partial charge on any atom is 0.267 e. The van der Waals surface area contributed by atoms with Gasteiger partial charge in [0, 0.05) is 51.2 Å². The number of nitrogens with zero attached hydrogens (tertiary/aromatic N) is 3. The minimum atomic E-state index is -0.371. The molecule has 2 rings (SSSR count). The van der Waals surface area contributed by atoms with Gasteiger partial charge >= 0.3 is 0 Å². The lowest BCUT2D eigenvalue weighted by molar-refractivity contribution is -0.112. The first kappa shape index (κ1) is 19.0. The number of hydrogen-bond donors (Lipinski definition) is 2. The van der Waals surface area contributed by atoms with Crippen LogP contribution in [0, 0.1) is 11.3 Å². The molecule has 1 aliphatic heterocycles. The highest BCUT2D eigenvalue weighted by atomic mass is 16.1. The van der Waals surface area contributed by atoms with Crippen LogP contribution in [0.3, 0.4) is 0 Å². The number of rotatable bonds is 6. The highest BCUT2D eigenvalue weighted by Crippen LogP contribution is 2.17. The zero-order chi connectivity index (χ0) is 18.2. The van der Waals surface area contributed by atoms with Crippen LogP contribution in [-0.4, -0.2) is 55.0 Å². The zero-order valence-electron chi connectivity index (χ0n) is 15.0. The fourth-order valence-corrected chi connectivity index (χ4v) is 2.77. The van der Waals surface area contributed by atoms with Crippen molar-refractivity contribution in [3.63, 3.8) is 0 Å². The van der Waals surface area contributed by atoms with E-state index in [0.29, 0.717) is 18.2 Å². The largest absolute Gasteiger partial charge is 0.374 e. The summed E-state index contributed by atoms with van der Waals surface area (Å²) in [5.41, 5.74) is 7.61. The highest BCUT2D eigenvalue weighted by Gasteiger charge is 2.17. The van der Waals surface area contributed by atoms with Crippen LogP contribution in [0.5, 0.6) is 0 Å². The van der Waals surface area contributed by atoms with Crippen molar-refractivity contribution >= 4 is 11.6 Å². The monoisotopic (exact) mass is 341 g/mol. The van der Waals surface area contributed by atoms with Crippen LogP contribution in [0.1, 0.15) is 25.3 Å². The Labute approximate surface area is 149 Å². The van der Waals surface area contributed by atoms with E-state index in [9.17, 15) is 10.1 Å². The van der Waals surface area contributed by atoms with E-state index >= 15 is 0 Å². The van der Waals surface area contributed by atoms with Crippen molar-refractivity contribution in [3.8, 4) is 6.07 Å². The number of benzene rings is 1. The van der Waals surface area contributed by atoms with E-state index in [4.69, 9.17) is 5.73 Å². The third-order valence-electron chi connectivity index (χ3n) is 4.36. The summed E-state index contributed by atoms with van der Waals surface area (Å²) in [5.74, 6) is 0.0708. The van der Waals surface area contributed by atoms with Crippen molar-refractivity contribution in [2.45, 2.75) is 19.8 Å². The molecule has 1 aliphatic rings. The Kier molecular flexibility index (Phi) is 6.99. The molecule has 0 aromatic heterocycles. The molecular weight excluding hydrogens is 314 g/mol. The molecule has 1 amide bonds. The minimum Gasteiger partial charge on any atom is -0.374 e. The lowest BCUT2D eigenvalue weighted by Crippen LogP contribution is -2.45. The second-order valence-corrected chi connectivity index (χ2v) is 6.55. The van der Waals surface area contributed by atoms with Gasteiger partial charge in [0.25, 0.3) is 5.91 Å². The average molecular weight is 341 g/mol. The van der Waals surface area contributed by atoms with E-state index in [2.05, 4.69) is 24.1 Å². The van der Waals surface area contributed by atoms with Gasteiger partial charge in [-0.3, -0.25) is 9.69 Å². The number of nitrogens with two attached hydrogens (primary N) is 1. The van der Waals surface area contributed by atoms with Crippen LogP contribution < -0.4 is 11.1 Å². The van der Waals surface area contributed by atoms with Crippen LogP contribution in [-0.2, 0) is 4.79 Å². The molecule has 0 aliphatic carbocycles. The Morgan fingerprint density at radius 1 is 1.28 bits per heavy atom. The Balaban J connectivity index is 1.95. The molecule has 1 fully saturated rings. The van der Waals surface area contributed by atoms with E-state index < -0.39 is 0 Å². The van der Waals surface area contributed by atoms with E-state index in [-0.39, 0.29) is 11.5 Å². The van der Waals surface area contributed by atoms with Gasteiger partial charge < -0.3 is 16.0 Å². The Hall–Kier alpha value is -2.36. The van der Waals surface area contributed by atoms with Crippen LogP contribution >= 0.6 is 0 Å². The Morgan fingerprint density at radius 3 is 2.44 bits per heavy atom. The molecule has 25 heavy (non-hydrogen) atoms. The topological polar surface area (TPSA) is 85.4 Å². The number of amides is 1. The fourth-order valence-electron chi connectivity index (χ4n) is 2.77. The third-order valence-corrected chi connectivity index (χ3v) is 4.36. The molecule has 1 heterocycles. The molecule has 0 radical (unpaired) electrons. The molecule has 0 atom stereocenters. The molecule has 1 aromatic carbocycles. The molecule has 0 spiro atoms. The predicted octanol–water partition coefficient (Wildman–Crippen LogP) is 1.73. The molecule has 0 unspecified atom stereocenters. The van der Waals surface area contributed by atoms with Crippen molar-refractivity contribution in [1.29, 1.82) is 5.26 Å². The molecule has 0 saturated carbocycles. The zero-order valence-corrected chi connectivity index (χ0v) is 15.0. The normalized spacial score (nSPS) is 16.0. The summed E-state index contributed by atoms with van der Waals surface area (Å²) in [7, 11) is 0. The molecule has 1 aromatic rings. The smallest absolute Gasteiger partial charge is 0.267 e. The molecule has 3 N–H and O–H groups in total. The Bertz CT molecular complexity index is 637. The quantitative estimate of drug-likeness (QED) is 0.608. The van der Waals surface area contributed by atoms with Gasteiger partial charge in [-0.05, 0) is 23.6 Å². The maximum atomic E-state index is 12.3. The summed E-state index contributed by atoms with van der Waals surface area (Å²) in [6.45, 7) is 9.15. The first-order valence-corrected chi connectivity index (χ1v) is 8.73. The van der Waals surface area contributed by atoms with Crippen LogP contribution in [0.4, 0.5) is 5.69 Å². The van der Waals surface area contributed by atoms with Crippen LogP contribution in [0.15, 0.2) is 36.0 Å². The summed E-state index contributed by atoms with van der Waals surface area (Å²) in [4.78, 5) is 16.7. The van der Waals surface area contributed by atoms with Crippen molar-refractivity contribution in [2.24, 2.45) is 5.73 Å². The van der Waals surface area contributed by atoms with Gasteiger partial charge in [0.1, 0.15) is 11.6 Å². The van der Waals surface area contributed by atoms with Gasteiger partial charge in [-0.2, -0.15) is 5.26 Å². The van der Waals surface area contributed by atoms with Crippen molar-refractivity contribution < 1.29 is 4.79 Å². The molecular formula is C19H27N5O. The number of nitriles is 1. The first-order valence-electron chi connectivity index (χ1n) is 8.73. The summed E-state index contributed by atoms with van der Waals surface area (Å²) >= 11 is 0. The summed E-state index contributed by atoms with van der Waals surface area (Å²) in [5, 5.41) is 12.1. The number of carbonyl (C=O) groups excluding carboxylic acids is 1. The van der Waals surface area contributed by atoms with Gasteiger partial charge in [-0.25, -0.2) is 0 Å². The van der Waals surface area contributed by atoms with E-state index in [1.807, 2.05) is 35.2 Å². The average Bonchev–Trinajstić information content (AvgIpc) is 2.61. The second-order valence-electron chi connectivity index (χ2n) is 6.55. The number of piperazine rings is 1. The summed E-state index contributed by atoms with van der Waals surface area (Å²) in [6.07, 6.45) is 1.66. The van der Waals surface area contributed by atoms with E-state index in [1.54, 1.807) is 6.20 Å². The van der Waals surface area contributed by atoms with Crippen molar-refractivity contribution in [1.82, 2.24) is 9.80 Å². The van der Waals surface area contributed by atoms with Gasteiger partial charge in [0.05, 0.1) is 0 Å². The first-order chi connectivity index (χ1) is 12.0. The third kappa shape index (κ3) is 5.59. The summed E-state index contributed by atoms with van der Waals surface area (Å²) in [6, 6.07) is 9.73.